The number of sulfonamides is 1. The van der Waals surface area contributed by atoms with E-state index >= 15 is 0 Å². The normalized spacial score (nSPS) is 24.0. The third-order valence-electron chi connectivity index (χ3n) is 2.92. The molecule has 0 aromatic heterocycles. The highest BCUT2D eigenvalue weighted by Gasteiger charge is 2.38. The lowest BCUT2D eigenvalue weighted by Gasteiger charge is -2.31. The van der Waals surface area contributed by atoms with E-state index in [0.717, 1.165) is 18.2 Å². The summed E-state index contributed by atoms with van der Waals surface area (Å²) in [6.07, 6.45) is -4.89. The summed E-state index contributed by atoms with van der Waals surface area (Å²) in [7, 11) is -4.24. The standard InChI is InChI=1S/C11H12F3NO3S/c12-11(13,14)9-3-1-2-4-10(9)19(17,18)15-7-5-8(16)6-7/h1-4,7-8,15-16H,5-6H2. The Morgan fingerprint density at radius 1 is 1.21 bits per heavy atom. The largest absolute Gasteiger partial charge is 0.417 e. The average molecular weight is 295 g/mol. The second-order valence-electron chi connectivity index (χ2n) is 4.44. The Morgan fingerprint density at radius 2 is 1.79 bits per heavy atom. The molecular formula is C11H12F3NO3S. The minimum absolute atomic E-state index is 0.216. The van der Waals surface area contributed by atoms with Crippen molar-refractivity contribution in [3.8, 4) is 0 Å². The van der Waals surface area contributed by atoms with Gasteiger partial charge >= 0.3 is 6.18 Å². The predicted molar refractivity (Wildman–Crippen MR) is 60.8 cm³/mol. The van der Waals surface area contributed by atoms with Crippen LogP contribution in [0.5, 0.6) is 0 Å². The third-order valence-corrected chi connectivity index (χ3v) is 4.50. The monoisotopic (exact) mass is 295 g/mol. The first kappa shape index (κ1) is 14.3. The van der Waals surface area contributed by atoms with Crippen molar-refractivity contribution in [3.05, 3.63) is 29.8 Å². The zero-order valence-electron chi connectivity index (χ0n) is 9.68. The van der Waals surface area contributed by atoms with Crippen LogP contribution in [0.3, 0.4) is 0 Å². The van der Waals surface area contributed by atoms with Crippen molar-refractivity contribution in [2.45, 2.75) is 36.1 Å². The summed E-state index contributed by atoms with van der Waals surface area (Å²) in [6.45, 7) is 0. The van der Waals surface area contributed by atoms with Crippen LogP contribution in [0.25, 0.3) is 0 Å². The van der Waals surface area contributed by atoms with Crippen LogP contribution in [0.2, 0.25) is 0 Å². The minimum atomic E-state index is -4.73. The molecule has 1 aliphatic carbocycles. The Kier molecular flexibility index (Phi) is 3.59. The lowest BCUT2D eigenvalue weighted by Crippen LogP contribution is -2.46. The number of nitrogens with one attached hydrogen (secondary N) is 1. The number of alkyl halides is 3. The van der Waals surface area contributed by atoms with Crippen molar-refractivity contribution >= 4 is 10.0 Å². The summed E-state index contributed by atoms with van der Waals surface area (Å²) in [6, 6.07) is 3.50. The highest BCUT2D eigenvalue weighted by atomic mass is 32.2. The number of aliphatic hydroxyl groups excluding tert-OH is 1. The van der Waals surface area contributed by atoms with Crippen LogP contribution in [-0.4, -0.2) is 25.7 Å². The molecule has 0 spiro atoms. The molecule has 0 saturated heterocycles. The smallest absolute Gasteiger partial charge is 0.393 e. The summed E-state index contributed by atoms with van der Waals surface area (Å²) in [5, 5.41) is 9.05. The topological polar surface area (TPSA) is 66.4 Å². The molecule has 0 radical (unpaired) electrons. The van der Waals surface area contributed by atoms with Gasteiger partial charge in [0, 0.05) is 6.04 Å². The van der Waals surface area contributed by atoms with Gasteiger partial charge in [0.2, 0.25) is 10.0 Å². The summed E-state index contributed by atoms with van der Waals surface area (Å²) in [4.78, 5) is -0.788. The van der Waals surface area contributed by atoms with E-state index in [4.69, 9.17) is 5.11 Å². The van der Waals surface area contributed by atoms with Crippen molar-refractivity contribution in [1.82, 2.24) is 4.72 Å². The van der Waals surface area contributed by atoms with Crippen LogP contribution in [-0.2, 0) is 16.2 Å². The van der Waals surface area contributed by atoms with Crippen molar-refractivity contribution in [2.24, 2.45) is 0 Å². The van der Waals surface area contributed by atoms with Gasteiger partial charge in [0.15, 0.2) is 0 Å². The summed E-state index contributed by atoms with van der Waals surface area (Å²) < 4.78 is 64.2. The van der Waals surface area contributed by atoms with Gasteiger partial charge in [-0.2, -0.15) is 13.2 Å². The number of hydrogen-bond donors (Lipinski definition) is 2. The average Bonchev–Trinajstić information content (AvgIpc) is 2.25. The lowest BCUT2D eigenvalue weighted by atomic mass is 9.91. The van der Waals surface area contributed by atoms with E-state index in [1.54, 1.807) is 0 Å². The molecule has 19 heavy (non-hydrogen) atoms. The Morgan fingerprint density at radius 3 is 2.32 bits per heavy atom. The van der Waals surface area contributed by atoms with E-state index in [1.165, 1.54) is 6.07 Å². The number of aliphatic hydroxyl groups is 1. The molecule has 1 fully saturated rings. The van der Waals surface area contributed by atoms with Gasteiger partial charge in [0.05, 0.1) is 16.6 Å². The van der Waals surface area contributed by atoms with E-state index in [1.807, 2.05) is 0 Å². The molecule has 2 rings (SSSR count). The van der Waals surface area contributed by atoms with Crippen molar-refractivity contribution in [3.63, 3.8) is 0 Å². The quantitative estimate of drug-likeness (QED) is 0.888. The van der Waals surface area contributed by atoms with Crippen LogP contribution in [0.4, 0.5) is 13.2 Å². The van der Waals surface area contributed by atoms with E-state index in [9.17, 15) is 21.6 Å². The van der Waals surface area contributed by atoms with Crippen LogP contribution in [0, 0.1) is 0 Å². The maximum Gasteiger partial charge on any atom is 0.417 e. The van der Waals surface area contributed by atoms with Gasteiger partial charge in [-0.15, -0.1) is 0 Å². The van der Waals surface area contributed by atoms with Gasteiger partial charge in [0.1, 0.15) is 0 Å². The Bertz CT molecular complexity index is 565. The molecule has 1 aromatic carbocycles. The summed E-state index contributed by atoms with van der Waals surface area (Å²) in [5.74, 6) is 0. The molecule has 1 saturated carbocycles. The molecular weight excluding hydrogens is 283 g/mol. The maximum absolute atomic E-state index is 12.7. The third kappa shape index (κ3) is 3.07. The maximum atomic E-state index is 12.7. The SMILES string of the molecule is O=S(=O)(NC1CC(O)C1)c1ccccc1C(F)(F)F. The first-order valence-electron chi connectivity index (χ1n) is 5.57. The fraction of sp³-hybridized carbons (Fsp3) is 0.455. The van der Waals surface area contributed by atoms with Gasteiger partial charge in [-0.1, -0.05) is 12.1 Å². The zero-order valence-corrected chi connectivity index (χ0v) is 10.5. The molecule has 4 nitrogen and oxygen atoms in total. The zero-order chi connectivity index (χ0) is 14.3. The van der Waals surface area contributed by atoms with Gasteiger partial charge in [-0.25, -0.2) is 13.1 Å². The molecule has 2 N–H and O–H groups in total. The molecule has 0 unspecified atom stereocenters. The van der Waals surface area contributed by atoms with Crippen molar-refractivity contribution in [1.29, 1.82) is 0 Å². The van der Waals surface area contributed by atoms with E-state index < -0.39 is 38.8 Å². The fourth-order valence-corrected chi connectivity index (χ4v) is 3.39. The highest BCUT2D eigenvalue weighted by Crippen LogP contribution is 2.34. The number of hydrogen-bond acceptors (Lipinski definition) is 3. The van der Waals surface area contributed by atoms with Crippen LogP contribution < -0.4 is 4.72 Å². The van der Waals surface area contributed by atoms with Crippen LogP contribution >= 0.6 is 0 Å². The minimum Gasteiger partial charge on any atom is -0.393 e. The first-order valence-corrected chi connectivity index (χ1v) is 7.05. The van der Waals surface area contributed by atoms with Crippen LogP contribution in [0.15, 0.2) is 29.2 Å². The molecule has 0 atom stereocenters. The van der Waals surface area contributed by atoms with Crippen molar-refractivity contribution < 1.29 is 26.7 Å². The summed E-state index contributed by atoms with van der Waals surface area (Å²) >= 11 is 0. The molecule has 1 aliphatic rings. The molecule has 0 aliphatic heterocycles. The highest BCUT2D eigenvalue weighted by molar-refractivity contribution is 7.89. The molecule has 8 heteroatoms. The van der Waals surface area contributed by atoms with E-state index in [2.05, 4.69) is 4.72 Å². The predicted octanol–water partition coefficient (Wildman–Crippen LogP) is 1.51. The van der Waals surface area contributed by atoms with E-state index in [-0.39, 0.29) is 12.8 Å². The Labute approximate surface area is 108 Å². The van der Waals surface area contributed by atoms with Crippen LogP contribution in [0.1, 0.15) is 18.4 Å². The molecule has 1 aromatic rings. The molecule has 0 amide bonds. The fourth-order valence-electron chi connectivity index (χ4n) is 1.90. The van der Waals surface area contributed by atoms with Gasteiger partial charge in [-0.3, -0.25) is 0 Å². The lowest BCUT2D eigenvalue weighted by molar-refractivity contribution is -0.139. The van der Waals surface area contributed by atoms with Gasteiger partial charge in [-0.05, 0) is 25.0 Å². The molecule has 0 heterocycles. The van der Waals surface area contributed by atoms with Gasteiger partial charge < -0.3 is 5.11 Å². The van der Waals surface area contributed by atoms with Crippen molar-refractivity contribution in [2.75, 3.05) is 0 Å². The number of halogens is 3. The number of benzene rings is 1. The number of rotatable bonds is 3. The Balaban J connectivity index is 2.30. The van der Waals surface area contributed by atoms with E-state index in [0.29, 0.717) is 0 Å². The molecule has 106 valence electrons. The van der Waals surface area contributed by atoms with Gasteiger partial charge in [0.25, 0.3) is 0 Å². The summed E-state index contributed by atoms with van der Waals surface area (Å²) in [5.41, 5.74) is -1.19. The molecule has 0 bridgehead atoms. The second kappa shape index (κ2) is 4.77. The Hall–Kier alpha value is -1.12. The first-order chi connectivity index (χ1) is 8.70. The second-order valence-corrected chi connectivity index (χ2v) is 6.12.